The number of nitrogens with one attached hydrogen (secondary N) is 1. The maximum Gasteiger partial charge on any atom is 0.129 e. The van der Waals surface area contributed by atoms with E-state index in [1.807, 2.05) is 0 Å². The minimum Gasteiger partial charge on any atom is -0.357 e. The van der Waals surface area contributed by atoms with Crippen molar-refractivity contribution in [3.63, 3.8) is 0 Å². The normalized spacial score (nSPS) is 19.9. The first-order valence-corrected chi connectivity index (χ1v) is 8.71. The molecule has 2 fully saturated rings. The van der Waals surface area contributed by atoms with Crippen LogP contribution >= 0.6 is 0 Å². The van der Waals surface area contributed by atoms with Crippen molar-refractivity contribution in [3.8, 4) is 0 Å². The molecule has 1 saturated carbocycles. The van der Waals surface area contributed by atoms with Gasteiger partial charge in [0.05, 0.1) is 0 Å². The fraction of sp³-hybridized carbons (Fsp3) is 0.722. The highest BCUT2D eigenvalue weighted by Gasteiger charge is 2.20. The first-order valence-electron chi connectivity index (χ1n) is 8.71. The molecule has 2 heterocycles. The SMILES string of the molecule is CC(C)c1cc(CNC2CC2)cc(N2CCCCCC2)n1. The molecule has 0 unspecified atom stereocenters. The number of hydrogen-bond acceptors (Lipinski definition) is 3. The van der Waals surface area contributed by atoms with E-state index in [2.05, 4.69) is 36.2 Å². The van der Waals surface area contributed by atoms with Crippen LogP contribution in [0, 0.1) is 0 Å². The van der Waals surface area contributed by atoms with Gasteiger partial charge in [0, 0.05) is 31.4 Å². The molecule has 3 rings (SSSR count). The van der Waals surface area contributed by atoms with Crippen molar-refractivity contribution in [2.45, 2.75) is 70.9 Å². The molecule has 2 aliphatic rings. The van der Waals surface area contributed by atoms with E-state index in [0.29, 0.717) is 5.92 Å². The molecular formula is C18H29N3. The summed E-state index contributed by atoms with van der Waals surface area (Å²) in [7, 11) is 0. The van der Waals surface area contributed by atoms with Crippen molar-refractivity contribution in [2.24, 2.45) is 0 Å². The second-order valence-corrected chi connectivity index (χ2v) is 6.97. The second-order valence-electron chi connectivity index (χ2n) is 6.97. The van der Waals surface area contributed by atoms with Crippen molar-refractivity contribution in [1.82, 2.24) is 10.3 Å². The van der Waals surface area contributed by atoms with Crippen molar-refractivity contribution >= 4 is 5.82 Å². The van der Waals surface area contributed by atoms with Gasteiger partial charge in [0.1, 0.15) is 5.82 Å². The molecule has 1 aliphatic carbocycles. The highest BCUT2D eigenvalue weighted by atomic mass is 15.2. The van der Waals surface area contributed by atoms with Crippen LogP contribution in [0.15, 0.2) is 12.1 Å². The van der Waals surface area contributed by atoms with Gasteiger partial charge in [0.2, 0.25) is 0 Å². The van der Waals surface area contributed by atoms with Gasteiger partial charge >= 0.3 is 0 Å². The fourth-order valence-corrected chi connectivity index (χ4v) is 3.00. The van der Waals surface area contributed by atoms with Gasteiger partial charge in [-0.05, 0) is 49.3 Å². The summed E-state index contributed by atoms with van der Waals surface area (Å²) in [6.45, 7) is 7.82. The molecule has 116 valence electrons. The highest BCUT2D eigenvalue weighted by molar-refractivity contribution is 5.43. The maximum atomic E-state index is 4.94. The van der Waals surface area contributed by atoms with E-state index in [4.69, 9.17) is 4.98 Å². The Bertz CT molecular complexity index is 458. The first-order chi connectivity index (χ1) is 10.2. The summed E-state index contributed by atoms with van der Waals surface area (Å²) in [5.74, 6) is 1.70. The van der Waals surface area contributed by atoms with Gasteiger partial charge in [-0.3, -0.25) is 0 Å². The standard InChI is InChI=1S/C18H29N3/c1-14(2)17-11-15(13-19-16-7-8-16)12-18(20-17)21-9-5-3-4-6-10-21/h11-12,14,16,19H,3-10,13H2,1-2H3. The predicted molar refractivity (Wildman–Crippen MR) is 88.9 cm³/mol. The topological polar surface area (TPSA) is 28.2 Å². The highest BCUT2D eigenvalue weighted by Crippen LogP contribution is 2.24. The van der Waals surface area contributed by atoms with E-state index < -0.39 is 0 Å². The first kappa shape index (κ1) is 14.8. The van der Waals surface area contributed by atoms with Crippen LogP contribution in [0.5, 0.6) is 0 Å². The molecular weight excluding hydrogens is 258 g/mol. The van der Waals surface area contributed by atoms with Gasteiger partial charge in [-0.2, -0.15) is 0 Å². The Morgan fingerprint density at radius 1 is 1.14 bits per heavy atom. The molecule has 1 aromatic rings. The molecule has 21 heavy (non-hydrogen) atoms. The largest absolute Gasteiger partial charge is 0.357 e. The number of aromatic nitrogens is 1. The Kier molecular flexibility index (Phi) is 4.79. The van der Waals surface area contributed by atoms with Crippen molar-refractivity contribution in [3.05, 3.63) is 23.4 Å². The Morgan fingerprint density at radius 3 is 2.48 bits per heavy atom. The average Bonchev–Trinajstić information content (AvgIpc) is 3.31. The van der Waals surface area contributed by atoms with Crippen molar-refractivity contribution in [2.75, 3.05) is 18.0 Å². The Labute approximate surface area is 129 Å². The van der Waals surface area contributed by atoms with Crippen molar-refractivity contribution in [1.29, 1.82) is 0 Å². The molecule has 0 bridgehead atoms. The van der Waals surface area contributed by atoms with Gasteiger partial charge in [0.25, 0.3) is 0 Å². The molecule has 0 amide bonds. The predicted octanol–water partition coefficient (Wildman–Crippen LogP) is 3.84. The Hall–Kier alpha value is -1.09. The van der Waals surface area contributed by atoms with Gasteiger partial charge < -0.3 is 10.2 Å². The van der Waals surface area contributed by atoms with Gasteiger partial charge in [0.15, 0.2) is 0 Å². The van der Waals surface area contributed by atoms with Crippen LogP contribution in [0.1, 0.15) is 69.5 Å². The van der Waals surface area contributed by atoms with E-state index in [9.17, 15) is 0 Å². The van der Waals surface area contributed by atoms with Crippen LogP contribution in [0.4, 0.5) is 5.82 Å². The van der Waals surface area contributed by atoms with Crippen LogP contribution in [0.2, 0.25) is 0 Å². The minimum atomic E-state index is 0.497. The fourth-order valence-electron chi connectivity index (χ4n) is 3.00. The lowest BCUT2D eigenvalue weighted by Crippen LogP contribution is -2.26. The van der Waals surface area contributed by atoms with E-state index in [1.54, 1.807) is 0 Å². The number of pyridine rings is 1. The zero-order chi connectivity index (χ0) is 14.7. The molecule has 0 aromatic carbocycles. The summed E-state index contributed by atoms with van der Waals surface area (Å²) in [5, 5.41) is 3.64. The summed E-state index contributed by atoms with van der Waals surface area (Å²) in [6, 6.07) is 5.37. The lowest BCUT2D eigenvalue weighted by atomic mass is 10.1. The van der Waals surface area contributed by atoms with Crippen LogP contribution < -0.4 is 10.2 Å². The minimum absolute atomic E-state index is 0.497. The lowest BCUT2D eigenvalue weighted by molar-refractivity contribution is 0.681. The lowest BCUT2D eigenvalue weighted by Gasteiger charge is -2.23. The van der Waals surface area contributed by atoms with Crippen LogP contribution in [-0.2, 0) is 6.54 Å². The van der Waals surface area contributed by atoms with E-state index in [0.717, 1.165) is 12.6 Å². The molecule has 0 atom stereocenters. The molecule has 3 nitrogen and oxygen atoms in total. The molecule has 0 spiro atoms. The molecule has 1 N–H and O–H groups in total. The van der Waals surface area contributed by atoms with Crippen molar-refractivity contribution < 1.29 is 0 Å². The summed E-state index contributed by atoms with van der Waals surface area (Å²) < 4.78 is 0. The van der Waals surface area contributed by atoms with Crippen LogP contribution in [-0.4, -0.2) is 24.1 Å². The van der Waals surface area contributed by atoms with Gasteiger partial charge in [-0.1, -0.05) is 26.7 Å². The monoisotopic (exact) mass is 287 g/mol. The van der Waals surface area contributed by atoms with Gasteiger partial charge in [-0.25, -0.2) is 4.98 Å². The summed E-state index contributed by atoms with van der Waals surface area (Å²) in [4.78, 5) is 7.44. The maximum absolute atomic E-state index is 4.94. The number of rotatable bonds is 5. The third-order valence-corrected chi connectivity index (χ3v) is 4.59. The van der Waals surface area contributed by atoms with E-state index >= 15 is 0 Å². The number of nitrogens with zero attached hydrogens (tertiary/aromatic N) is 2. The quantitative estimate of drug-likeness (QED) is 0.892. The van der Waals surface area contributed by atoms with Crippen LogP contribution in [0.25, 0.3) is 0 Å². The average molecular weight is 287 g/mol. The van der Waals surface area contributed by atoms with E-state index in [1.165, 1.54) is 68.7 Å². The van der Waals surface area contributed by atoms with Gasteiger partial charge in [-0.15, -0.1) is 0 Å². The molecule has 3 heteroatoms. The summed E-state index contributed by atoms with van der Waals surface area (Å²) in [6.07, 6.45) is 8.06. The molecule has 1 saturated heterocycles. The third kappa shape index (κ3) is 4.19. The third-order valence-electron chi connectivity index (χ3n) is 4.59. The zero-order valence-electron chi connectivity index (χ0n) is 13.6. The number of anilines is 1. The molecule has 1 aromatic heterocycles. The molecule has 0 radical (unpaired) electrons. The smallest absolute Gasteiger partial charge is 0.129 e. The van der Waals surface area contributed by atoms with E-state index in [-0.39, 0.29) is 0 Å². The van der Waals surface area contributed by atoms with Crippen LogP contribution in [0.3, 0.4) is 0 Å². The molecule has 1 aliphatic heterocycles. The summed E-state index contributed by atoms with van der Waals surface area (Å²) in [5.41, 5.74) is 2.64. The summed E-state index contributed by atoms with van der Waals surface area (Å²) >= 11 is 0. The Morgan fingerprint density at radius 2 is 1.86 bits per heavy atom. The Balaban J connectivity index is 1.78. The zero-order valence-corrected chi connectivity index (χ0v) is 13.6. The number of hydrogen-bond donors (Lipinski definition) is 1. The second kappa shape index (κ2) is 6.78.